The summed E-state index contributed by atoms with van der Waals surface area (Å²) >= 11 is 3.21. The highest BCUT2D eigenvalue weighted by Crippen LogP contribution is 2.34. The average molecular weight is 463 g/mol. The Morgan fingerprint density at radius 3 is 2.52 bits per heavy atom. The Balaban J connectivity index is 1.94. The summed E-state index contributed by atoms with van der Waals surface area (Å²) in [4.78, 5) is 34.6. The first-order valence-corrected chi connectivity index (χ1v) is 9.13. The van der Waals surface area contributed by atoms with Crippen molar-refractivity contribution >= 4 is 45.6 Å². The highest BCUT2D eigenvalue weighted by molar-refractivity contribution is 9.10. The van der Waals surface area contributed by atoms with E-state index in [0.29, 0.717) is 21.3 Å². The van der Waals surface area contributed by atoms with Gasteiger partial charge in [-0.3, -0.25) is 14.4 Å². The number of phenols is 1. The second-order valence-corrected chi connectivity index (χ2v) is 6.64. The number of carbonyl (C=O) groups is 3. The minimum Gasteiger partial charge on any atom is -0.503 e. The van der Waals surface area contributed by atoms with Gasteiger partial charge in [0.15, 0.2) is 11.5 Å². The number of anilines is 1. The Labute approximate surface area is 175 Å². The molecule has 10 heteroatoms. The first-order valence-electron chi connectivity index (χ1n) is 8.34. The first kappa shape index (κ1) is 21.9. The summed E-state index contributed by atoms with van der Waals surface area (Å²) in [6.45, 7) is 1.19. The van der Waals surface area contributed by atoms with Crippen LogP contribution in [0.5, 0.6) is 11.5 Å². The standard InChI is InChI=1S/C19H19BrN4O5/c1-11(25)21-10-17(26)23-14-5-3-13(4-6-14)19(28)24-22-9-12-7-15(20)18(27)16(8-12)29-2/h3-9,27H,10H2,1-2H3,(H,21,25)(H,23,26)(H,24,28)/b22-9+. The maximum atomic E-state index is 12.2. The molecule has 2 rings (SSSR count). The van der Waals surface area contributed by atoms with Crippen LogP contribution < -0.4 is 20.8 Å². The lowest BCUT2D eigenvalue weighted by Crippen LogP contribution is -2.31. The molecule has 9 nitrogen and oxygen atoms in total. The fourth-order valence-corrected chi connectivity index (χ4v) is 2.63. The molecule has 29 heavy (non-hydrogen) atoms. The largest absolute Gasteiger partial charge is 0.503 e. The molecular formula is C19H19BrN4O5. The van der Waals surface area contributed by atoms with Crippen LogP contribution in [0.1, 0.15) is 22.8 Å². The molecule has 0 atom stereocenters. The van der Waals surface area contributed by atoms with E-state index in [4.69, 9.17) is 4.74 Å². The number of hydrogen-bond acceptors (Lipinski definition) is 6. The van der Waals surface area contributed by atoms with Crippen molar-refractivity contribution in [2.24, 2.45) is 5.10 Å². The van der Waals surface area contributed by atoms with Crippen LogP contribution in [0, 0.1) is 0 Å². The molecule has 0 spiro atoms. The van der Waals surface area contributed by atoms with E-state index in [1.807, 2.05) is 0 Å². The molecule has 2 aromatic carbocycles. The maximum Gasteiger partial charge on any atom is 0.271 e. The lowest BCUT2D eigenvalue weighted by atomic mass is 10.2. The van der Waals surface area contributed by atoms with E-state index < -0.39 is 5.91 Å². The van der Waals surface area contributed by atoms with Gasteiger partial charge in [-0.25, -0.2) is 5.43 Å². The molecule has 0 bridgehead atoms. The monoisotopic (exact) mass is 462 g/mol. The van der Waals surface area contributed by atoms with Crippen molar-refractivity contribution in [3.05, 3.63) is 52.0 Å². The summed E-state index contributed by atoms with van der Waals surface area (Å²) in [7, 11) is 1.43. The molecule has 0 unspecified atom stereocenters. The summed E-state index contributed by atoms with van der Waals surface area (Å²) in [5.74, 6) is -0.883. The van der Waals surface area contributed by atoms with E-state index >= 15 is 0 Å². The molecule has 2 aromatic rings. The normalized spacial score (nSPS) is 10.4. The van der Waals surface area contributed by atoms with Gasteiger partial charge in [0.1, 0.15) is 0 Å². The number of hydrazone groups is 1. The van der Waals surface area contributed by atoms with Gasteiger partial charge in [-0.05, 0) is 57.9 Å². The van der Waals surface area contributed by atoms with Crippen LogP contribution in [0.3, 0.4) is 0 Å². The molecule has 0 heterocycles. The smallest absolute Gasteiger partial charge is 0.271 e. The third-order valence-electron chi connectivity index (χ3n) is 3.58. The van der Waals surface area contributed by atoms with Crippen molar-refractivity contribution < 1.29 is 24.2 Å². The van der Waals surface area contributed by atoms with Crippen LogP contribution in [0.25, 0.3) is 0 Å². The first-order chi connectivity index (χ1) is 13.8. The number of methoxy groups -OCH3 is 1. The topological polar surface area (TPSA) is 129 Å². The predicted octanol–water partition coefficient (Wildman–Crippen LogP) is 2.00. The number of nitrogens with zero attached hydrogens (tertiary/aromatic N) is 1. The number of halogens is 1. The number of carbonyl (C=O) groups excluding carboxylic acids is 3. The van der Waals surface area contributed by atoms with Crippen LogP contribution in [-0.4, -0.2) is 42.7 Å². The molecule has 0 saturated carbocycles. The molecule has 0 aliphatic heterocycles. The molecule has 0 radical (unpaired) electrons. The summed E-state index contributed by atoms with van der Waals surface area (Å²) in [5.41, 5.74) is 3.82. The number of amides is 3. The van der Waals surface area contributed by atoms with Gasteiger partial charge < -0.3 is 20.5 Å². The number of phenolic OH excluding ortho intramolecular Hbond substituents is 1. The van der Waals surface area contributed by atoms with Crippen LogP contribution in [-0.2, 0) is 9.59 Å². The van der Waals surface area contributed by atoms with Crippen LogP contribution in [0.15, 0.2) is 46.0 Å². The zero-order chi connectivity index (χ0) is 21.4. The number of hydrogen-bond donors (Lipinski definition) is 4. The van der Waals surface area contributed by atoms with E-state index in [1.165, 1.54) is 32.4 Å². The van der Waals surface area contributed by atoms with Gasteiger partial charge >= 0.3 is 0 Å². The van der Waals surface area contributed by atoms with Gasteiger partial charge in [-0.2, -0.15) is 5.10 Å². The summed E-state index contributed by atoms with van der Waals surface area (Å²) in [5, 5.41) is 18.7. The van der Waals surface area contributed by atoms with Crippen molar-refractivity contribution in [1.82, 2.24) is 10.7 Å². The summed E-state index contributed by atoms with van der Waals surface area (Å²) in [6.07, 6.45) is 1.40. The minimum atomic E-state index is -0.442. The molecule has 0 aromatic heterocycles. The Bertz CT molecular complexity index is 944. The fraction of sp³-hybridized carbons (Fsp3) is 0.158. The van der Waals surface area contributed by atoms with Gasteiger partial charge in [0, 0.05) is 18.2 Å². The van der Waals surface area contributed by atoms with Gasteiger partial charge in [-0.15, -0.1) is 0 Å². The molecule has 0 saturated heterocycles. The maximum absolute atomic E-state index is 12.2. The average Bonchev–Trinajstić information content (AvgIpc) is 2.69. The van der Waals surface area contributed by atoms with Crippen molar-refractivity contribution in [2.45, 2.75) is 6.92 Å². The van der Waals surface area contributed by atoms with E-state index in [0.717, 1.165) is 0 Å². The highest BCUT2D eigenvalue weighted by Gasteiger charge is 2.09. The van der Waals surface area contributed by atoms with Crippen molar-refractivity contribution in [3.8, 4) is 11.5 Å². The van der Waals surface area contributed by atoms with E-state index in [1.54, 1.807) is 24.3 Å². The summed E-state index contributed by atoms with van der Waals surface area (Å²) in [6, 6.07) is 9.36. The third-order valence-corrected chi connectivity index (χ3v) is 4.18. The summed E-state index contributed by atoms with van der Waals surface area (Å²) < 4.78 is 5.48. The third kappa shape index (κ3) is 6.61. The van der Waals surface area contributed by atoms with E-state index in [9.17, 15) is 19.5 Å². The van der Waals surface area contributed by atoms with Crippen LogP contribution in [0.2, 0.25) is 0 Å². The van der Waals surface area contributed by atoms with Gasteiger partial charge in [0.05, 0.1) is 24.3 Å². The SMILES string of the molecule is COc1cc(/C=N/NC(=O)c2ccc(NC(=O)CNC(C)=O)cc2)cc(Br)c1O. The van der Waals surface area contributed by atoms with Crippen molar-refractivity contribution in [2.75, 3.05) is 19.0 Å². The van der Waals surface area contributed by atoms with Crippen molar-refractivity contribution in [1.29, 1.82) is 0 Å². The molecule has 152 valence electrons. The Kier molecular flexibility index (Phi) is 7.72. The Morgan fingerprint density at radius 1 is 1.21 bits per heavy atom. The fourth-order valence-electron chi connectivity index (χ4n) is 2.17. The predicted molar refractivity (Wildman–Crippen MR) is 111 cm³/mol. The molecule has 4 N–H and O–H groups in total. The minimum absolute atomic E-state index is 0.0297. The molecule has 3 amide bonds. The van der Waals surface area contributed by atoms with Crippen LogP contribution >= 0.6 is 15.9 Å². The molecule has 0 aliphatic rings. The van der Waals surface area contributed by atoms with Gasteiger partial charge in [0.2, 0.25) is 11.8 Å². The molecule has 0 fully saturated rings. The van der Waals surface area contributed by atoms with Gasteiger partial charge in [0.25, 0.3) is 5.91 Å². The quantitative estimate of drug-likeness (QED) is 0.369. The lowest BCUT2D eigenvalue weighted by molar-refractivity contribution is -0.122. The Hall–Kier alpha value is -3.40. The highest BCUT2D eigenvalue weighted by atomic mass is 79.9. The number of benzene rings is 2. The van der Waals surface area contributed by atoms with E-state index in [2.05, 4.69) is 37.1 Å². The zero-order valence-electron chi connectivity index (χ0n) is 15.7. The Morgan fingerprint density at radius 2 is 1.90 bits per heavy atom. The number of ether oxygens (including phenoxy) is 1. The van der Waals surface area contributed by atoms with Gasteiger partial charge in [-0.1, -0.05) is 0 Å². The second kappa shape index (κ2) is 10.2. The molecular weight excluding hydrogens is 444 g/mol. The number of nitrogens with one attached hydrogen (secondary N) is 3. The van der Waals surface area contributed by atoms with Crippen LogP contribution in [0.4, 0.5) is 5.69 Å². The zero-order valence-corrected chi connectivity index (χ0v) is 17.2. The number of rotatable bonds is 7. The second-order valence-electron chi connectivity index (χ2n) is 5.79. The lowest BCUT2D eigenvalue weighted by Gasteiger charge is -2.07. The number of aromatic hydroxyl groups is 1. The van der Waals surface area contributed by atoms with Crippen molar-refractivity contribution in [3.63, 3.8) is 0 Å². The van der Waals surface area contributed by atoms with E-state index in [-0.39, 0.29) is 29.9 Å². The molecule has 0 aliphatic carbocycles.